The monoisotopic (exact) mass is 276 g/mol. The second-order valence-electron chi connectivity index (χ2n) is 5.46. The minimum absolute atomic E-state index is 0.0956. The number of hydrogen-bond donors (Lipinski definition) is 1. The number of aromatic nitrogens is 2. The maximum absolute atomic E-state index is 12.0. The molecule has 5 nitrogen and oxygen atoms in total. The second kappa shape index (κ2) is 7.22. The van der Waals surface area contributed by atoms with Crippen LogP contribution in [0.1, 0.15) is 56.3 Å². The first-order chi connectivity index (χ1) is 9.70. The number of anilines is 1. The van der Waals surface area contributed by atoms with Crippen molar-refractivity contribution < 1.29 is 4.79 Å². The lowest BCUT2D eigenvalue weighted by Crippen LogP contribution is -2.32. The average molecular weight is 276 g/mol. The molecular weight excluding hydrogens is 252 g/mol. The lowest BCUT2D eigenvalue weighted by atomic mass is 10.2. The van der Waals surface area contributed by atoms with Gasteiger partial charge in [0.2, 0.25) is 5.95 Å². The first kappa shape index (κ1) is 14.8. The van der Waals surface area contributed by atoms with E-state index in [2.05, 4.69) is 20.2 Å². The molecule has 0 radical (unpaired) electrons. The van der Waals surface area contributed by atoms with Gasteiger partial charge in [0.25, 0.3) is 5.91 Å². The quantitative estimate of drug-likeness (QED) is 0.917. The summed E-state index contributed by atoms with van der Waals surface area (Å²) in [6, 6.07) is 0.174. The van der Waals surface area contributed by atoms with Gasteiger partial charge in [0.1, 0.15) is 0 Å². The summed E-state index contributed by atoms with van der Waals surface area (Å²) in [6.07, 6.45) is 9.13. The van der Waals surface area contributed by atoms with Crippen molar-refractivity contribution in [2.75, 3.05) is 18.0 Å². The van der Waals surface area contributed by atoms with Gasteiger partial charge in [-0.3, -0.25) is 4.79 Å². The fourth-order valence-electron chi connectivity index (χ4n) is 2.28. The molecule has 1 aliphatic heterocycles. The van der Waals surface area contributed by atoms with Crippen molar-refractivity contribution in [3.05, 3.63) is 18.0 Å². The van der Waals surface area contributed by atoms with E-state index in [1.807, 2.05) is 13.8 Å². The van der Waals surface area contributed by atoms with Gasteiger partial charge in [-0.15, -0.1) is 0 Å². The number of carbonyl (C=O) groups is 1. The Balaban J connectivity index is 2.00. The summed E-state index contributed by atoms with van der Waals surface area (Å²) >= 11 is 0. The van der Waals surface area contributed by atoms with Crippen molar-refractivity contribution in [1.29, 1.82) is 0 Å². The van der Waals surface area contributed by atoms with Crippen LogP contribution in [0.4, 0.5) is 5.95 Å². The third-order valence-electron chi connectivity index (χ3n) is 3.78. The average Bonchev–Trinajstić information content (AvgIpc) is 2.76. The number of nitrogens with zero attached hydrogens (tertiary/aromatic N) is 3. The van der Waals surface area contributed by atoms with Crippen LogP contribution < -0.4 is 10.2 Å². The Kier molecular flexibility index (Phi) is 5.32. The van der Waals surface area contributed by atoms with E-state index in [4.69, 9.17) is 0 Å². The summed E-state index contributed by atoms with van der Waals surface area (Å²) in [6.45, 7) is 6.06. The molecule has 1 N–H and O–H groups in total. The zero-order valence-corrected chi connectivity index (χ0v) is 12.4. The predicted octanol–water partition coefficient (Wildman–Crippen LogP) is 2.39. The molecule has 0 aliphatic carbocycles. The van der Waals surface area contributed by atoms with E-state index in [-0.39, 0.29) is 11.9 Å². The summed E-state index contributed by atoms with van der Waals surface area (Å²) < 4.78 is 0. The highest BCUT2D eigenvalue weighted by Gasteiger charge is 2.14. The van der Waals surface area contributed by atoms with E-state index >= 15 is 0 Å². The minimum atomic E-state index is -0.0956. The molecular formula is C15H24N4O. The number of amides is 1. The lowest BCUT2D eigenvalue weighted by molar-refractivity contribution is 0.0938. The van der Waals surface area contributed by atoms with Gasteiger partial charge in [-0.05, 0) is 26.2 Å². The van der Waals surface area contributed by atoms with E-state index in [0.717, 1.165) is 25.5 Å². The van der Waals surface area contributed by atoms with Crippen LogP contribution in [0.2, 0.25) is 0 Å². The number of rotatable bonds is 4. The van der Waals surface area contributed by atoms with Crippen LogP contribution in [0.5, 0.6) is 0 Å². The van der Waals surface area contributed by atoms with Crippen molar-refractivity contribution in [1.82, 2.24) is 15.3 Å². The van der Waals surface area contributed by atoms with Crippen molar-refractivity contribution in [3.8, 4) is 0 Å². The molecule has 1 aromatic rings. The van der Waals surface area contributed by atoms with Crippen molar-refractivity contribution >= 4 is 11.9 Å². The smallest absolute Gasteiger partial charge is 0.254 e. The van der Waals surface area contributed by atoms with Crippen molar-refractivity contribution in [2.45, 2.75) is 52.0 Å². The molecule has 1 saturated heterocycles. The SMILES string of the molecule is CCC(C)NC(=O)c1cnc(N2CCCCCC2)nc1. The van der Waals surface area contributed by atoms with Crippen LogP contribution in [0.3, 0.4) is 0 Å². The third-order valence-corrected chi connectivity index (χ3v) is 3.78. The summed E-state index contributed by atoms with van der Waals surface area (Å²) in [7, 11) is 0. The Morgan fingerprint density at radius 2 is 1.85 bits per heavy atom. The molecule has 2 rings (SSSR count). The normalized spacial score (nSPS) is 17.4. The lowest BCUT2D eigenvalue weighted by Gasteiger charge is -2.20. The topological polar surface area (TPSA) is 58.1 Å². The molecule has 5 heteroatoms. The molecule has 1 unspecified atom stereocenters. The highest BCUT2D eigenvalue weighted by molar-refractivity contribution is 5.93. The largest absolute Gasteiger partial charge is 0.350 e. The zero-order valence-electron chi connectivity index (χ0n) is 12.4. The molecule has 0 spiro atoms. The second-order valence-corrected chi connectivity index (χ2v) is 5.46. The van der Waals surface area contributed by atoms with Crippen LogP contribution in [0.25, 0.3) is 0 Å². The number of hydrogen-bond acceptors (Lipinski definition) is 4. The molecule has 1 atom stereocenters. The first-order valence-corrected chi connectivity index (χ1v) is 7.58. The van der Waals surface area contributed by atoms with E-state index in [0.29, 0.717) is 5.56 Å². The molecule has 0 saturated carbocycles. The Bertz CT molecular complexity index is 424. The Morgan fingerprint density at radius 1 is 1.25 bits per heavy atom. The van der Waals surface area contributed by atoms with Gasteiger partial charge in [-0.25, -0.2) is 9.97 Å². The number of nitrogens with one attached hydrogen (secondary N) is 1. The fraction of sp³-hybridized carbons (Fsp3) is 0.667. The van der Waals surface area contributed by atoms with Gasteiger partial charge in [-0.1, -0.05) is 19.8 Å². The van der Waals surface area contributed by atoms with Crippen LogP contribution in [-0.2, 0) is 0 Å². The van der Waals surface area contributed by atoms with E-state index in [1.165, 1.54) is 25.7 Å². The van der Waals surface area contributed by atoms with E-state index in [9.17, 15) is 4.79 Å². The van der Waals surface area contributed by atoms with E-state index in [1.54, 1.807) is 12.4 Å². The van der Waals surface area contributed by atoms with Crippen LogP contribution in [-0.4, -0.2) is 35.0 Å². The van der Waals surface area contributed by atoms with Crippen LogP contribution in [0.15, 0.2) is 12.4 Å². The summed E-state index contributed by atoms with van der Waals surface area (Å²) in [4.78, 5) is 22.9. The van der Waals surface area contributed by atoms with Crippen LogP contribution in [0, 0.1) is 0 Å². The summed E-state index contributed by atoms with van der Waals surface area (Å²) in [5, 5.41) is 2.92. The summed E-state index contributed by atoms with van der Waals surface area (Å²) in [5.41, 5.74) is 0.531. The predicted molar refractivity (Wildman–Crippen MR) is 79.9 cm³/mol. The van der Waals surface area contributed by atoms with Crippen molar-refractivity contribution in [2.24, 2.45) is 0 Å². The molecule has 1 amide bonds. The molecule has 1 aliphatic rings. The zero-order chi connectivity index (χ0) is 14.4. The molecule has 1 fully saturated rings. The third kappa shape index (κ3) is 3.92. The first-order valence-electron chi connectivity index (χ1n) is 7.58. The van der Waals surface area contributed by atoms with Gasteiger partial charge >= 0.3 is 0 Å². The van der Waals surface area contributed by atoms with Gasteiger partial charge < -0.3 is 10.2 Å². The molecule has 0 aromatic carbocycles. The highest BCUT2D eigenvalue weighted by Crippen LogP contribution is 2.15. The molecule has 2 heterocycles. The molecule has 110 valence electrons. The molecule has 1 aromatic heterocycles. The fourth-order valence-corrected chi connectivity index (χ4v) is 2.28. The number of carbonyl (C=O) groups excluding carboxylic acids is 1. The molecule has 0 bridgehead atoms. The highest BCUT2D eigenvalue weighted by atomic mass is 16.1. The maximum atomic E-state index is 12.0. The maximum Gasteiger partial charge on any atom is 0.254 e. The Morgan fingerprint density at radius 3 is 2.40 bits per heavy atom. The van der Waals surface area contributed by atoms with Crippen molar-refractivity contribution in [3.63, 3.8) is 0 Å². The Hall–Kier alpha value is -1.65. The van der Waals surface area contributed by atoms with E-state index < -0.39 is 0 Å². The standard InChI is InChI=1S/C15H24N4O/c1-3-12(2)18-14(20)13-10-16-15(17-11-13)19-8-6-4-5-7-9-19/h10-12H,3-9H2,1-2H3,(H,18,20). The summed E-state index contributed by atoms with van der Waals surface area (Å²) in [5.74, 6) is 0.647. The van der Waals surface area contributed by atoms with Gasteiger partial charge in [0.15, 0.2) is 0 Å². The van der Waals surface area contributed by atoms with Gasteiger partial charge in [-0.2, -0.15) is 0 Å². The van der Waals surface area contributed by atoms with Crippen LogP contribution >= 0.6 is 0 Å². The Labute approximate surface area is 120 Å². The van der Waals surface area contributed by atoms with Gasteiger partial charge in [0.05, 0.1) is 5.56 Å². The minimum Gasteiger partial charge on any atom is -0.350 e. The molecule has 20 heavy (non-hydrogen) atoms. The van der Waals surface area contributed by atoms with Gasteiger partial charge in [0, 0.05) is 31.5 Å².